The first-order valence-electron chi connectivity index (χ1n) is 7.66. The van der Waals surface area contributed by atoms with Crippen LogP contribution in [0.3, 0.4) is 0 Å². The maximum absolute atomic E-state index is 9.53. The van der Waals surface area contributed by atoms with Crippen LogP contribution in [0.5, 0.6) is 0 Å². The fraction of sp³-hybridized carbons (Fsp3) is 0.933. The van der Waals surface area contributed by atoms with Crippen molar-refractivity contribution in [2.75, 3.05) is 26.4 Å². The van der Waals surface area contributed by atoms with Crippen molar-refractivity contribution < 1.29 is 9.47 Å². The van der Waals surface area contributed by atoms with Crippen LogP contribution in [0, 0.1) is 17.2 Å². The van der Waals surface area contributed by atoms with E-state index in [1.54, 1.807) is 0 Å². The summed E-state index contributed by atoms with van der Waals surface area (Å²) in [4.78, 5) is 0. The molecule has 1 aliphatic heterocycles. The van der Waals surface area contributed by atoms with E-state index in [2.05, 4.69) is 18.3 Å². The van der Waals surface area contributed by atoms with Crippen LogP contribution in [0.15, 0.2) is 0 Å². The standard InChI is InChI=1S/C15H26N2O2/c1-2-8-17-15(11-16,13-6-7-13)12-18-10-14-5-3-4-9-19-14/h13-14,17H,2-10,12H2,1H3. The first kappa shape index (κ1) is 14.8. The minimum atomic E-state index is -0.468. The molecular weight excluding hydrogens is 240 g/mol. The Morgan fingerprint density at radius 1 is 1.37 bits per heavy atom. The van der Waals surface area contributed by atoms with Gasteiger partial charge in [-0.25, -0.2) is 0 Å². The van der Waals surface area contributed by atoms with Gasteiger partial charge in [-0.05, 0) is 51.0 Å². The number of nitrogens with zero attached hydrogens (tertiary/aromatic N) is 1. The quantitative estimate of drug-likeness (QED) is 0.732. The van der Waals surface area contributed by atoms with Crippen molar-refractivity contribution in [3.8, 4) is 6.07 Å². The molecule has 1 aliphatic carbocycles. The summed E-state index contributed by atoms with van der Waals surface area (Å²) >= 11 is 0. The molecule has 2 atom stereocenters. The van der Waals surface area contributed by atoms with Crippen LogP contribution in [0.4, 0.5) is 0 Å². The van der Waals surface area contributed by atoms with Gasteiger partial charge in [0.2, 0.25) is 0 Å². The number of nitrogens with one attached hydrogen (secondary N) is 1. The molecule has 0 amide bonds. The Bertz CT molecular complexity index is 306. The number of hydrogen-bond acceptors (Lipinski definition) is 4. The highest BCUT2D eigenvalue weighted by molar-refractivity contribution is 5.15. The molecule has 0 radical (unpaired) electrons. The van der Waals surface area contributed by atoms with Gasteiger partial charge < -0.3 is 9.47 Å². The monoisotopic (exact) mass is 266 g/mol. The second-order valence-electron chi connectivity index (χ2n) is 5.79. The van der Waals surface area contributed by atoms with Crippen molar-refractivity contribution in [3.05, 3.63) is 0 Å². The molecule has 0 aromatic rings. The predicted molar refractivity (Wildman–Crippen MR) is 73.8 cm³/mol. The zero-order chi connectivity index (χ0) is 13.6. The lowest BCUT2D eigenvalue weighted by atomic mass is 9.96. The lowest BCUT2D eigenvalue weighted by Crippen LogP contribution is -2.50. The lowest BCUT2D eigenvalue weighted by molar-refractivity contribution is -0.0495. The molecule has 1 heterocycles. The Morgan fingerprint density at radius 3 is 2.79 bits per heavy atom. The summed E-state index contributed by atoms with van der Waals surface area (Å²) < 4.78 is 11.5. The summed E-state index contributed by atoms with van der Waals surface area (Å²) in [5.74, 6) is 0.469. The molecule has 2 unspecified atom stereocenters. The summed E-state index contributed by atoms with van der Waals surface area (Å²) in [6.07, 6.45) is 7.05. The van der Waals surface area contributed by atoms with Gasteiger partial charge in [0.25, 0.3) is 0 Å². The summed E-state index contributed by atoms with van der Waals surface area (Å²) in [6.45, 7) is 4.98. The van der Waals surface area contributed by atoms with E-state index in [-0.39, 0.29) is 6.10 Å². The molecule has 1 N–H and O–H groups in total. The van der Waals surface area contributed by atoms with E-state index >= 15 is 0 Å². The molecule has 2 rings (SSSR count). The normalized spacial score (nSPS) is 26.6. The molecular formula is C15H26N2O2. The van der Waals surface area contributed by atoms with Gasteiger partial charge in [-0.1, -0.05) is 6.92 Å². The van der Waals surface area contributed by atoms with Crippen LogP contribution in [0.25, 0.3) is 0 Å². The van der Waals surface area contributed by atoms with E-state index in [1.165, 1.54) is 12.8 Å². The van der Waals surface area contributed by atoms with Crippen molar-refractivity contribution in [3.63, 3.8) is 0 Å². The molecule has 4 heteroatoms. The summed E-state index contributed by atoms with van der Waals surface area (Å²) in [6, 6.07) is 2.47. The van der Waals surface area contributed by atoms with Crippen LogP contribution in [0.2, 0.25) is 0 Å². The molecule has 2 fully saturated rings. The average molecular weight is 266 g/mol. The summed E-state index contributed by atoms with van der Waals surface area (Å²) in [5.41, 5.74) is -0.468. The number of rotatable bonds is 8. The van der Waals surface area contributed by atoms with Crippen molar-refractivity contribution >= 4 is 0 Å². The van der Waals surface area contributed by atoms with Gasteiger partial charge in [0.1, 0.15) is 5.54 Å². The van der Waals surface area contributed by atoms with Crippen molar-refractivity contribution in [2.45, 2.75) is 57.1 Å². The minimum absolute atomic E-state index is 0.232. The zero-order valence-electron chi connectivity index (χ0n) is 12.0. The molecule has 1 saturated carbocycles. The minimum Gasteiger partial charge on any atom is -0.376 e. The summed E-state index contributed by atoms with van der Waals surface area (Å²) in [7, 11) is 0. The first-order chi connectivity index (χ1) is 9.30. The fourth-order valence-corrected chi connectivity index (χ4v) is 2.69. The number of ether oxygens (including phenoxy) is 2. The fourth-order valence-electron chi connectivity index (χ4n) is 2.69. The van der Waals surface area contributed by atoms with Crippen molar-refractivity contribution in [1.29, 1.82) is 5.26 Å². The maximum atomic E-state index is 9.53. The Hall–Kier alpha value is -0.630. The molecule has 108 valence electrons. The Morgan fingerprint density at radius 2 is 2.21 bits per heavy atom. The predicted octanol–water partition coefficient (Wildman–Crippen LogP) is 2.24. The Labute approximate surface area is 116 Å². The zero-order valence-corrected chi connectivity index (χ0v) is 12.0. The molecule has 2 aliphatic rings. The average Bonchev–Trinajstić information content (AvgIpc) is 3.29. The van der Waals surface area contributed by atoms with Crippen LogP contribution in [0.1, 0.15) is 45.4 Å². The molecule has 0 aromatic carbocycles. The van der Waals surface area contributed by atoms with Crippen molar-refractivity contribution in [2.24, 2.45) is 5.92 Å². The third-order valence-corrected chi connectivity index (χ3v) is 4.07. The van der Waals surface area contributed by atoms with E-state index in [4.69, 9.17) is 9.47 Å². The Kier molecular flexibility index (Phi) is 5.62. The van der Waals surface area contributed by atoms with Gasteiger partial charge in [-0.2, -0.15) is 5.26 Å². The van der Waals surface area contributed by atoms with Crippen LogP contribution in [-0.2, 0) is 9.47 Å². The first-order valence-corrected chi connectivity index (χ1v) is 7.66. The molecule has 0 spiro atoms. The highest BCUT2D eigenvalue weighted by Crippen LogP contribution is 2.39. The number of hydrogen-bond donors (Lipinski definition) is 1. The van der Waals surface area contributed by atoms with Crippen LogP contribution < -0.4 is 5.32 Å². The van der Waals surface area contributed by atoms with Crippen molar-refractivity contribution in [1.82, 2.24) is 5.32 Å². The molecule has 0 aromatic heterocycles. The van der Waals surface area contributed by atoms with E-state index in [1.807, 2.05) is 0 Å². The van der Waals surface area contributed by atoms with Crippen LogP contribution >= 0.6 is 0 Å². The van der Waals surface area contributed by atoms with Gasteiger partial charge in [-0.15, -0.1) is 0 Å². The van der Waals surface area contributed by atoms with Crippen LogP contribution in [-0.4, -0.2) is 38.0 Å². The number of nitriles is 1. The van der Waals surface area contributed by atoms with Gasteiger partial charge in [-0.3, -0.25) is 5.32 Å². The third-order valence-electron chi connectivity index (χ3n) is 4.07. The topological polar surface area (TPSA) is 54.3 Å². The third kappa shape index (κ3) is 4.17. The Balaban J connectivity index is 1.77. The SMILES string of the molecule is CCCNC(C#N)(COCC1CCCCO1)C1CC1. The van der Waals surface area contributed by atoms with E-state index in [0.717, 1.165) is 38.8 Å². The molecule has 19 heavy (non-hydrogen) atoms. The summed E-state index contributed by atoms with van der Waals surface area (Å²) in [5, 5.41) is 12.9. The smallest absolute Gasteiger partial charge is 0.133 e. The van der Waals surface area contributed by atoms with E-state index in [0.29, 0.717) is 19.1 Å². The second-order valence-corrected chi connectivity index (χ2v) is 5.79. The molecule has 4 nitrogen and oxygen atoms in total. The molecule has 0 bridgehead atoms. The van der Waals surface area contributed by atoms with E-state index < -0.39 is 5.54 Å². The second kappa shape index (κ2) is 7.23. The molecule has 1 saturated heterocycles. The van der Waals surface area contributed by atoms with Gasteiger partial charge in [0.15, 0.2) is 0 Å². The highest BCUT2D eigenvalue weighted by atomic mass is 16.5. The van der Waals surface area contributed by atoms with E-state index in [9.17, 15) is 5.26 Å². The lowest BCUT2D eigenvalue weighted by Gasteiger charge is -2.29. The van der Waals surface area contributed by atoms with Gasteiger partial charge in [0.05, 0.1) is 25.4 Å². The van der Waals surface area contributed by atoms with Gasteiger partial charge in [0, 0.05) is 6.61 Å². The maximum Gasteiger partial charge on any atom is 0.133 e. The van der Waals surface area contributed by atoms with Gasteiger partial charge >= 0.3 is 0 Å². The highest BCUT2D eigenvalue weighted by Gasteiger charge is 2.45. The largest absolute Gasteiger partial charge is 0.376 e.